The number of benzene rings is 1. The standard InChI is InChI=1S/C14H24N4O4.C6H4Cl2/c1-2-15-12-11-13(19)18(14(20)16-12)6-10-22-9-5-17-3-7-21-8-4-17;7-5-3-1-2-4-6(5)8/h11,15H,2-10H2,1H3,(H,16,20);1-4H. The van der Waals surface area contributed by atoms with E-state index in [-0.39, 0.29) is 12.1 Å². The highest BCUT2D eigenvalue weighted by atomic mass is 35.5. The second kappa shape index (κ2) is 13.5. The predicted molar refractivity (Wildman–Crippen MR) is 120 cm³/mol. The molecule has 1 fully saturated rings. The van der Waals surface area contributed by atoms with Crippen molar-refractivity contribution in [3.8, 4) is 0 Å². The van der Waals surface area contributed by atoms with Crippen molar-refractivity contribution in [2.75, 3.05) is 57.9 Å². The van der Waals surface area contributed by atoms with Gasteiger partial charge >= 0.3 is 5.69 Å². The van der Waals surface area contributed by atoms with Crippen LogP contribution in [0.3, 0.4) is 0 Å². The van der Waals surface area contributed by atoms with Crippen molar-refractivity contribution in [2.45, 2.75) is 13.5 Å². The fourth-order valence-electron chi connectivity index (χ4n) is 2.73. The van der Waals surface area contributed by atoms with Gasteiger partial charge in [-0.25, -0.2) is 4.79 Å². The molecular formula is C20H28Cl2N4O4. The van der Waals surface area contributed by atoms with Gasteiger partial charge in [-0.15, -0.1) is 0 Å². The summed E-state index contributed by atoms with van der Waals surface area (Å²) in [6.07, 6.45) is 0. The number of ether oxygens (including phenoxy) is 2. The summed E-state index contributed by atoms with van der Waals surface area (Å²) in [7, 11) is 0. The molecule has 0 bridgehead atoms. The average molecular weight is 459 g/mol. The van der Waals surface area contributed by atoms with Crippen LogP contribution in [0.25, 0.3) is 0 Å². The van der Waals surface area contributed by atoms with Gasteiger partial charge in [0, 0.05) is 32.2 Å². The van der Waals surface area contributed by atoms with Gasteiger partial charge in [0.2, 0.25) is 0 Å². The van der Waals surface area contributed by atoms with Crippen LogP contribution in [0.1, 0.15) is 6.92 Å². The molecule has 8 nitrogen and oxygen atoms in total. The van der Waals surface area contributed by atoms with E-state index in [0.717, 1.165) is 37.4 Å². The number of morpholine rings is 1. The van der Waals surface area contributed by atoms with E-state index in [1.54, 1.807) is 12.1 Å². The molecule has 10 heteroatoms. The van der Waals surface area contributed by atoms with Gasteiger partial charge in [-0.2, -0.15) is 0 Å². The van der Waals surface area contributed by atoms with E-state index in [1.807, 2.05) is 19.1 Å². The first-order valence-electron chi connectivity index (χ1n) is 9.87. The number of anilines is 1. The highest BCUT2D eigenvalue weighted by Crippen LogP contribution is 2.19. The van der Waals surface area contributed by atoms with Gasteiger partial charge in [0.25, 0.3) is 5.56 Å². The van der Waals surface area contributed by atoms with Gasteiger partial charge in [0.15, 0.2) is 0 Å². The highest BCUT2D eigenvalue weighted by Gasteiger charge is 2.09. The number of nitrogens with zero attached hydrogens (tertiary/aromatic N) is 2. The SMILES string of the molecule is CCNc1cc(=O)n(CCOCCN2CCOCC2)c(=O)[nH]1.Clc1ccccc1Cl. The van der Waals surface area contributed by atoms with Crippen LogP contribution in [0.4, 0.5) is 5.82 Å². The Kier molecular flexibility index (Phi) is 11.0. The lowest BCUT2D eigenvalue weighted by molar-refractivity contribution is 0.0194. The fraction of sp³-hybridized carbons (Fsp3) is 0.500. The number of hydrogen-bond acceptors (Lipinski definition) is 6. The van der Waals surface area contributed by atoms with Crippen LogP contribution < -0.4 is 16.6 Å². The molecular weight excluding hydrogens is 431 g/mol. The normalized spacial score (nSPS) is 14.1. The zero-order valence-corrected chi connectivity index (χ0v) is 18.5. The molecule has 166 valence electrons. The molecule has 0 aliphatic carbocycles. The minimum Gasteiger partial charge on any atom is -0.379 e. The largest absolute Gasteiger partial charge is 0.379 e. The van der Waals surface area contributed by atoms with Gasteiger partial charge in [-0.3, -0.25) is 19.2 Å². The van der Waals surface area contributed by atoms with Gasteiger partial charge < -0.3 is 14.8 Å². The molecule has 1 saturated heterocycles. The maximum absolute atomic E-state index is 11.9. The Labute approximate surface area is 185 Å². The number of hydrogen-bond donors (Lipinski definition) is 2. The molecule has 0 atom stereocenters. The molecule has 2 aromatic rings. The predicted octanol–water partition coefficient (Wildman–Crippen LogP) is 2.31. The number of aromatic amines is 1. The number of rotatable bonds is 8. The lowest BCUT2D eigenvalue weighted by Crippen LogP contribution is -2.39. The highest BCUT2D eigenvalue weighted by molar-refractivity contribution is 6.41. The molecule has 0 radical (unpaired) electrons. The van der Waals surface area contributed by atoms with E-state index in [1.165, 1.54) is 6.07 Å². The Morgan fingerprint density at radius 1 is 1.10 bits per heavy atom. The lowest BCUT2D eigenvalue weighted by Gasteiger charge is -2.26. The third kappa shape index (κ3) is 8.49. The van der Waals surface area contributed by atoms with Crippen molar-refractivity contribution >= 4 is 29.0 Å². The second-order valence-corrected chi connectivity index (χ2v) is 7.30. The number of halogens is 2. The van der Waals surface area contributed by atoms with Crippen LogP contribution in [0.5, 0.6) is 0 Å². The number of H-pyrrole nitrogens is 1. The van der Waals surface area contributed by atoms with Crippen molar-refractivity contribution in [3.63, 3.8) is 0 Å². The van der Waals surface area contributed by atoms with Crippen LogP contribution in [-0.2, 0) is 16.0 Å². The van der Waals surface area contributed by atoms with E-state index in [0.29, 0.717) is 35.6 Å². The summed E-state index contributed by atoms with van der Waals surface area (Å²) < 4.78 is 11.9. The lowest BCUT2D eigenvalue weighted by atomic mass is 10.4. The topological polar surface area (TPSA) is 88.6 Å². The molecule has 0 unspecified atom stereocenters. The molecule has 1 aromatic heterocycles. The quantitative estimate of drug-likeness (QED) is 0.590. The van der Waals surface area contributed by atoms with Gasteiger partial charge in [0.1, 0.15) is 5.82 Å². The molecule has 30 heavy (non-hydrogen) atoms. The Bertz CT molecular complexity index is 829. The molecule has 2 N–H and O–H groups in total. The molecule has 3 rings (SSSR count). The van der Waals surface area contributed by atoms with Crippen LogP contribution in [-0.4, -0.2) is 67.1 Å². The Balaban J connectivity index is 0.000000335. The molecule has 1 aliphatic heterocycles. The summed E-state index contributed by atoms with van der Waals surface area (Å²) in [5, 5.41) is 4.12. The monoisotopic (exact) mass is 458 g/mol. The maximum atomic E-state index is 11.9. The Morgan fingerprint density at radius 3 is 2.30 bits per heavy atom. The van der Waals surface area contributed by atoms with E-state index in [9.17, 15) is 9.59 Å². The Morgan fingerprint density at radius 2 is 1.73 bits per heavy atom. The summed E-state index contributed by atoms with van der Waals surface area (Å²) in [6.45, 7) is 7.94. The van der Waals surface area contributed by atoms with Crippen LogP contribution in [0.2, 0.25) is 10.0 Å². The average Bonchev–Trinajstić information content (AvgIpc) is 2.73. The first-order chi connectivity index (χ1) is 14.5. The van der Waals surface area contributed by atoms with Gasteiger partial charge in [-0.1, -0.05) is 35.3 Å². The summed E-state index contributed by atoms with van der Waals surface area (Å²) in [4.78, 5) is 28.6. The van der Waals surface area contributed by atoms with Gasteiger partial charge in [-0.05, 0) is 19.1 Å². The fourth-order valence-corrected chi connectivity index (χ4v) is 3.00. The molecule has 0 amide bonds. The van der Waals surface area contributed by atoms with E-state index in [2.05, 4.69) is 15.2 Å². The minimum atomic E-state index is -0.416. The van der Waals surface area contributed by atoms with Crippen LogP contribution >= 0.6 is 23.2 Å². The van der Waals surface area contributed by atoms with E-state index < -0.39 is 5.69 Å². The third-order valence-electron chi connectivity index (χ3n) is 4.33. The smallest absolute Gasteiger partial charge is 0.329 e. The number of aromatic nitrogens is 2. The first kappa shape index (κ1) is 24.4. The summed E-state index contributed by atoms with van der Waals surface area (Å²) >= 11 is 11.2. The van der Waals surface area contributed by atoms with Crippen molar-refractivity contribution < 1.29 is 9.47 Å². The molecule has 2 heterocycles. The van der Waals surface area contributed by atoms with Crippen molar-refractivity contribution in [2.24, 2.45) is 0 Å². The summed E-state index contributed by atoms with van der Waals surface area (Å²) in [6, 6.07) is 8.58. The van der Waals surface area contributed by atoms with Crippen molar-refractivity contribution in [1.82, 2.24) is 14.5 Å². The minimum absolute atomic E-state index is 0.254. The van der Waals surface area contributed by atoms with Crippen LogP contribution in [0, 0.1) is 0 Å². The molecule has 1 aromatic carbocycles. The van der Waals surface area contributed by atoms with E-state index in [4.69, 9.17) is 32.7 Å². The molecule has 0 spiro atoms. The zero-order valence-electron chi connectivity index (χ0n) is 17.0. The zero-order chi connectivity index (χ0) is 21.8. The molecule has 0 saturated carbocycles. The summed E-state index contributed by atoms with van der Waals surface area (Å²) in [5.74, 6) is 0.446. The number of nitrogens with one attached hydrogen (secondary N) is 2. The van der Waals surface area contributed by atoms with Crippen LogP contribution in [0.15, 0.2) is 39.9 Å². The van der Waals surface area contributed by atoms with Gasteiger partial charge in [0.05, 0.1) is 43.0 Å². The van der Waals surface area contributed by atoms with Crippen molar-refractivity contribution in [3.05, 3.63) is 61.2 Å². The first-order valence-corrected chi connectivity index (χ1v) is 10.6. The third-order valence-corrected chi connectivity index (χ3v) is 5.08. The molecule has 1 aliphatic rings. The Hall–Kier alpha value is -1.84. The van der Waals surface area contributed by atoms with Crippen molar-refractivity contribution in [1.29, 1.82) is 0 Å². The summed E-state index contributed by atoms with van der Waals surface area (Å²) in [5.41, 5.74) is -0.739. The maximum Gasteiger partial charge on any atom is 0.329 e. The second-order valence-electron chi connectivity index (χ2n) is 6.49. The van der Waals surface area contributed by atoms with E-state index >= 15 is 0 Å².